The van der Waals surface area contributed by atoms with Gasteiger partial charge in [0.1, 0.15) is 0 Å². The summed E-state index contributed by atoms with van der Waals surface area (Å²) in [6.45, 7) is 4.07. The maximum atomic E-state index is 14.3. The second kappa shape index (κ2) is 16.2. The van der Waals surface area contributed by atoms with Crippen molar-refractivity contribution >= 4 is 89.9 Å². The molecule has 0 aliphatic carbocycles. The first kappa shape index (κ1) is 43.6. The van der Waals surface area contributed by atoms with Crippen LogP contribution < -0.4 is 37.0 Å². The first-order valence-electron chi connectivity index (χ1n) is 24.0. The minimum Gasteiger partial charge on any atom is -0.371 e. The monoisotopic (exact) mass is 946 g/mol. The summed E-state index contributed by atoms with van der Waals surface area (Å²) in [5.41, 5.74) is -2.19. The number of anilines is 2. The molecule has 0 unspecified atom stereocenters. The Kier molecular flexibility index (Phi) is 9.96. The van der Waals surface area contributed by atoms with E-state index in [2.05, 4.69) is 11.8 Å². The molecular weight excluding hydrogens is 905 g/mol. The number of hydrogen-bond acceptors (Lipinski definition) is 11. The molecule has 0 radical (unpaired) electrons. The van der Waals surface area contributed by atoms with E-state index in [1.807, 2.05) is 12.1 Å². The minimum absolute atomic E-state index is 0.00966. The van der Waals surface area contributed by atoms with Gasteiger partial charge in [0.15, 0.2) is 0 Å². The van der Waals surface area contributed by atoms with E-state index < -0.39 is 57.7 Å². The van der Waals surface area contributed by atoms with Gasteiger partial charge < -0.3 is 4.90 Å². The molecule has 8 aromatic rings. The molecule has 6 amide bonds. The number of carbonyl (C=O) groups is 6. The molecule has 71 heavy (non-hydrogen) atoms. The zero-order chi connectivity index (χ0) is 49.1. The van der Waals surface area contributed by atoms with Gasteiger partial charge in [-0.25, -0.2) is 9.47 Å². The second-order valence-corrected chi connectivity index (χ2v) is 18.7. The number of fused-ring (bicyclic) bond motifs is 2. The van der Waals surface area contributed by atoms with Crippen LogP contribution in [0.3, 0.4) is 0 Å². The van der Waals surface area contributed by atoms with Crippen LogP contribution in [0.2, 0.25) is 0 Å². The summed E-state index contributed by atoms with van der Waals surface area (Å²) >= 11 is 0. The number of hydrogen-bond donors (Lipinski definition) is 0. The fourth-order valence-corrected chi connectivity index (χ4v) is 11.2. The SMILES string of the molecule is CCCCCCCCN1C(=O)c2ccc3c4c(ccc(c24)C1=O)C(=O)N(n1c(=O)c2cc4c(=O)n(-c5cccc(N6C(=O)c7cccc8c(N9CCCCC9)ccc(c78)C6=O)c5)c(=O)c4cc2c1=O)C3=O. The fraction of sp³-hybridized carbons (Fsp3) is 0.236. The van der Waals surface area contributed by atoms with Gasteiger partial charge in [0.25, 0.3) is 57.7 Å². The molecular formula is C55H42N6O10. The first-order valence-corrected chi connectivity index (χ1v) is 24.0. The van der Waals surface area contributed by atoms with E-state index in [-0.39, 0.29) is 72.5 Å². The van der Waals surface area contributed by atoms with Crippen molar-refractivity contribution in [1.82, 2.24) is 14.1 Å². The summed E-state index contributed by atoms with van der Waals surface area (Å²) in [7, 11) is 0. The van der Waals surface area contributed by atoms with Crippen molar-refractivity contribution < 1.29 is 28.8 Å². The van der Waals surface area contributed by atoms with Crippen LogP contribution in [0, 0.1) is 0 Å². The molecule has 16 heteroatoms. The third kappa shape index (κ3) is 6.22. The van der Waals surface area contributed by atoms with Crippen LogP contribution >= 0.6 is 0 Å². The molecule has 4 aliphatic heterocycles. The Morgan fingerprint density at radius 2 is 0.915 bits per heavy atom. The Labute approximate surface area is 402 Å². The van der Waals surface area contributed by atoms with Gasteiger partial charge in [0.05, 0.1) is 44.0 Å². The molecule has 0 N–H and O–H groups in total. The number of rotatable bonds is 11. The lowest BCUT2D eigenvalue weighted by atomic mass is 9.86. The Hall–Kier alpha value is -8.66. The van der Waals surface area contributed by atoms with E-state index in [1.54, 1.807) is 18.2 Å². The third-order valence-electron chi connectivity index (χ3n) is 14.7. The van der Waals surface area contributed by atoms with E-state index in [0.29, 0.717) is 32.6 Å². The zero-order valence-electron chi connectivity index (χ0n) is 38.4. The van der Waals surface area contributed by atoms with Gasteiger partial charge in [0, 0.05) is 69.1 Å². The van der Waals surface area contributed by atoms with E-state index in [0.717, 1.165) is 97.1 Å². The molecule has 0 bridgehead atoms. The molecule has 352 valence electrons. The Morgan fingerprint density at radius 3 is 1.52 bits per heavy atom. The van der Waals surface area contributed by atoms with E-state index in [4.69, 9.17) is 0 Å². The Morgan fingerprint density at radius 1 is 0.423 bits per heavy atom. The van der Waals surface area contributed by atoms with Gasteiger partial charge in [-0.1, -0.05) is 57.2 Å². The molecule has 4 aliphatic rings. The average molecular weight is 947 g/mol. The number of piperidine rings is 1. The van der Waals surface area contributed by atoms with Crippen LogP contribution in [0.5, 0.6) is 0 Å². The maximum absolute atomic E-state index is 14.3. The van der Waals surface area contributed by atoms with Gasteiger partial charge >= 0.3 is 0 Å². The van der Waals surface area contributed by atoms with Crippen molar-refractivity contribution in [2.45, 2.75) is 64.7 Å². The van der Waals surface area contributed by atoms with Gasteiger partial charge in [-0.3, -0.25) is 52.8 Å². The highest BCUT2D eigenvalue weighted by Gasteiger charge is 2.42. The number of carbonyl (C=O) groups excluding carboxylic acids is 6. The quantitative estimate of drug-likeness (QED) is 0.0969. The van der Waals surface area contributed by atoms with Crippen LogP contribution in [0.1, 0.15) is 127 Å². The molecule has 6 heterocycles. The predicted octanol–water partition coefficient (Wildman–Crippen LogP) is 6.89. The summed E-state index contributed by atoms with van der Waals surface area (Å²) in [4.78, 5) is 146. The maximum Gasteiger partial charge on any atom is 0.281 e. The average Bonchev–Trinajstić information content (AvgIpc) is 3.78. The number of unbranched alkanes of at least 4 members (excludes halogenated alkanes) is 5. The highest BCUT2D eigenvalue weighted by atomic mass is 16.2. The minimum atomic E-state index is -1.11. The molecule has 1 fully saturated rings. The molecule has 2 aromatic heterocycles. The predicted molar refractivity (Wildman–Crippen MR) is 267 cm³/mol. The van der Waals surface area contributed by atoms with E-state index >= 15 is 0 Å². The number of imide groups is 3. The number of benzene rings is 6. The number of amides is 6. The normalized spacial score (nSPS) is 15.8. The van der Waals surface area contributed by atoms with Crippen LogP contribution in [0.15, 0.2) is 110 Å². The van der Waals surface area contributed by atoms with Gasteiger partial charge in [-0.2, -0.15) is 9.69 Å². The van der Waals surface area contributed by atoms with E-state index in [9.17, 15) is 47.9 Å². The molecule has 6 aromatic carbocycles. The lowest BCUT2D eigenvalue weighted by Crippen LogP contribution is -2.55. The summed E-state index contributed by atoms with van der Waals surface area (Å²) in [5, 5.41) is 0.808. The second-order valence-electron chi connectivity index (χ2n) is 18.7. The molecule has 0 spiro atoms. The fourth-order valence-electron chi connectivity index (χ4n) is 11.2. The van der Waals surface area contributed by atoms with Crippen molar-refractivity contribution in [2.75, 3.05) is 34.4 Å². The first-order chi connectivity index (χ1) is 34.4. The standard InChI is InChI=1S/C55H42N6O10/c1-2-3-4-5-6-10-25-57-46(62)34-17-19-36-45-37(20-18-35(44(34)45)47(57)63)53(69)60(52(36)68)61-54(70)40-27-38-39(28-41(40)55(61)71)51(67)59(50(38)66)30-14-11-13-29(26-30)58-48(64)32-16-12-15-31-42(56-23-8-7-9-24-56)22-21-33(43(31)32)49(58)65/h11-22,26-28H,2-10,23-25H2,1H3. The molecule has 1 saturated heterocycles. The van der Waals surface area contributed by atoms with Crippen molar-refractivity contribution in [3.05, 3.63) is 166 Å². The lowest BCUT2D eigenvalue weighted by Gasteiger charge is -2.32. The zero-order valence-corrected chi connectivity index (χ0v) is 38.4. The van der Waals surface area contributed by atoms with Crippen LogP contribution in [-0.2, 0) is 0 Å². The molecule has 0 atom stereocenters. The number of nitrogens with zero attached hydrogens (tertiary/aromatic N) is 6. The van der Waals surface area contributed by atoms with Crippen LogP contribution in [0.4, 0.5) is 11.4 Å². The van der Waals surface area contributed by atoms with E-state index in [1.165, 1.54) is 53.4 Å². The topological polar surface area (TPSA) is 194 Å². The molecule has 12 rings (SSSR count). The van der Waals surface area contributed by atoms with Crippen LogP contribution in [-0.4, -0.2) is 69.2 Å². The summed E-state index contributed by atoms with van der Waals surface area (Å²) < 4.78 is 1.20. The Balaban J connectivity index is 0.875. The summed E-state index contributed by atoms with van der Waals surface area (Å²) in [6, 6.07) is 22.5. The smallest absolute Gasteiger partial charge is 0.281 e. The van der Waals surface area contributed by atoms with Crippen LogP contribution in [0.25, 0.3) is 48.8 Å². The van der Waals surface area contributed by atoms with Gasteiger partial charge in [-0.15, -0.1) is 0 Å². The molecule has 0 saturated carbocycles. The summed E-state index contributed by atoms with van der Waals surface area (Å²) in [5.74, 6) is -4.38. The van der Waals surface area contributed by atoms with Gasteiger partial charge in [0.2, 0.25) is 0 Å². The number of aromatic nitrogens is 2. The van der Waals surface area contributed by atoms with Crippen molar-refractivity contribution in [3.63, 3.8) is 0 Å². The highest BCUT2D eigenvalue weighted by molar-refractivity contribution is 6.38. The Bertz CT molecular complexity index is 3830. The lowest BCUT2D eigenvalue weighted by molar-refractivity contribution is 0.0605. The largest absolute Gasteiger partial charge is 0.371 e. The van der Waals surface area contributed by atoms with Gasteiger partial charge in [-0.05, 0) is 98.5 Å². The van der Waals surface area contributed by atoms with Crippen molar-refractivity contribution in [3.8, 4) is 5.69 Å². The summed E-state index contributed by atoms with van der Waals surface area (Å²) in [6.07, 6.45) is 8.93. The third-order valence-corrected chi connectivity index (χ3v) is 14.7. The highest BCUT2D eigenvalue weighted by Crippen LogP contribution is 2.40. The van der Waals surface area contributed by atoms with Crippen molar-refractivity contribution in [1.29, 1.82) is 0 Å². The molecule has 16 nitrogen and oxygen atoms in total. The van der Waals surface area contributed by atoms with Crippen molar-refractivity contribution in [2.24, 2.45) is 0 Å².